The molecule has 0 atom stereocenters. The van der Waals surface area contributed by atoms with E-state index < -0.39 is 0 Å². The van der Waals surface area contributed by atoms with Gasteiger partial charge in [-0.15, -0.1) is 53.3 Å². The predicted molar refractivity (Wildman–Crippen MR) is 294 cm³/mol. The summed E-state index contributed by atoms with van der Waals surface area (Å²) in [4.78, 5) is 22.4. The van der Waals surface area contributed by atoms with Crippen LogP contribution in [0.5, 0.6) is 0 Å². The molecule has 0 aliphatic carbocycles. The molecule has 20 heteroatoms. The van der Waals surface area contributed by atoms with Crippen LogP contribution in [0.1, 0.15) is 205 Å². The van der Waals surface area contributed by atoms with E-state index in [1.807, 2.05) is 84.1 Å². The maximum atomic E-state index is 4.98. The van der Waals surface area contributed by atoms with Crippen molar-refractivity contribution in [1.82, 2.24) is 85.7 Å². The topological polar surface area (TPSA) is 236 Å². The van der Waals surface area contributed by atoms with Crippen molar-refractivity contribution in [3.63, 3.8) is 0 Å². The molecule has 0 aromatic carbocycles. The van der Waals surface area contributed by atoms with Gasteiger partial charge in [-0.25, -0.2) is 19.9 Å². The fourth-order valence-corrected chi connectivity index (χ4v) is 6.13. The molecule has 0 fully saturated rings. The van der Waals surface area contributed by atoms with Crippen LogP contribution in [0.2, 0.25) is 0 Å². The van der Waals surface area contributed by atoms with Gasteiger partial charge in [0.2, 0.25) is 12.3 Å². The minimum Gasteiger partial charge on any atom is -0.427 e. The number of tetrazole rings is 1. The Hall–Kier alpha value is -5.76. The molecule has 4 N–H and O–H groups in total. The molecule has 400 valence electrons. The van der Waals surface area contributed by atoms with Gasteiger partial charge < -0.3 is 19.0 Å². The number of hydrogen-bond donors (Lipinski definition) is 4. The van der Waals surface area contributed by atoms with E-state index >= 15 is 0 Å². The molecule has 0 radical (unpaired) electrons. The third-order valence-electron chi connectivity index (χ3n) is 9.21. The van der Waals surface area contributed by atoms with Crippen LogP contribution >= 0.6 is 22.7 Å². The number of hydrogen-bond acceptors (Lipinski definition) is 15. The Kier molecular flexibility index (Phi) is 24.9. The van der Waals surface area contributed by atoms with E-state index in [9.17, 15) is 0 Å². The third kappa shape index (κ3) is 26.6. The Morgan fingerprint density at radius 3 is 1.44 bits per heavy atom. The first-order chi connectivity index (χ1) is 32.8. The van der Waals surface area contributed by atoms with Gasteiger partial charge in [0.05, 0.1) is 17.7 Å². The van der Waals surface area contributed by atoms with Crippen LogP contribution in [-0.2, 0) is 43.4 Å². The number of rotatable bonds is 0. The maximum absolute atomic E-state index is 4.98. The molecular formula is C52H89N17OS2. The average Bonchev–Trinajstić information content (AvgIpc) is 4.13. The van der Waals surface area contributed by atoms with Crippen LogP contribution in [0.15, 0.2) is 83.8 Å². The van der Waals surface area contributed by atoms with E-state index in [1.54, 1.807) is 40.7 Å². The zero-order chi connectivity index (χ0) is 55.2. The molecule has 0 aliphatic rings. The van der Waals surface area contributed by atoms with E-state index in [-0.39, 0.29) is 43.4 Å². The summed E-state index contributed by atoms with van der Waals surface area (Å²) in [6, 6.07) is 4.14. The van der Waals surface area contributed by atoms with Crippen molar-refractivity contribution in [2.45, 2.75) is 210 Å². The molecule has 18 nitrogen and oxygen atoms in total. The zero-order valence-electron chi connectivity index (χ0n) is 48.0. The van der Waals surface area contributed by atoms with Gasteiger partial charge in [0.1, 0.15) is 22.7 Å². The normalized spacial score (nSPS) is 11.9. The molecule has 8 aromatic heterocycles. The number of H-pyrrole nitrogens is 4. The second-order valence-electron chi connectivity index (χ2n) is 24.8. The first kappa shape index (κ1) is 64.3. The molecule has 8 heterocycles. The summed E-state index contributed by atoms with van der Waals surface area (Å²) in [5, 5.41) is 39.5. The Balaban J connectivity index is 0.000000411. The number of aromatic amines is 4. The zero-order valence-corrected chi connectivity index (χ0v) is 49.7. The lowest BCUT2D eigenvalue weighted by molar-refractivity contribution is 0.392. The van der Waals surface area contributed by atoms with E-state index in [0.717, 1.165) is 16.7 Å². The first-order valence-electron chi connectivity index (χ1n) is 24.0. The SMILES string of the molecule is CC(C)(C)c1ccc[nH]1.CC(C)(C)c1cnc[nH]1.CC(C)(C)c1nccs1.CC(C)(C)c1ncn[nH]1.CC(C)(C)c1nn[nH]n1.CC(C)(C)c1nnco1.CC(C)(C)c1nncs1.CC(C)(C)n1ccnc1. The Bertz CT molecular complexity index is 1910. The monoisotopic (exact) mass is 1030 g/mol. The molecule has 0 saturated carbocycles. The fraction of sp³-hybridized carbons (Fsp3) is 0.615. The lowest BCUT2D eigenvalue weighted by Gasteiger charge is -2.19. The molecular weight excluding hydrogens is 943 g/mol. The van der Waals surface area contributed by atoms with Gasteiger partial charge in [-0.05, 0) is 32.9 Å². The van der Waals surface area contributed by atoms with Crippen molar-refractivity contribution in [3.05, 3.63) is 118 Å². The smallest absolute Gasteiger partial charge is 0.221 e. The minimum absolute atomic E-state index is 0.00694. The van der Waals surface area contributed by atoms with E-state index in [4.69, 9.17) is 4.42 Å². The van der Waals surface area contributed by atoms with Crippen LogP contribution in [0.3, 0.4) is 0 Å². The molecule has 0 amide bonds. The summed E-state index contributed by atoms with van der Waals surface area (Å²) < 4.78 is 7.05. The van der Waals surface area contributed by atoms with Crippen molar-refractivity contribution >= 4 is 22.7 Å². The molecule has 8 aromatic rings. The highest BCUT2D eigenvalue weighted by Crippen LogP contribution is 2.24. The van der Waals surface area contributed by atoms with Crippen molar-refractivity contribution < 1.29 is 4.42 Å². The summed E-state index contributed by atoms with van der Waals surface area (Å²) in [5.74, 6) is 2.37. The fourth-order valence-electron chi connectivity index (χ4n) is 4.76. The Labute approximate surface area is 438 Å². The highest BCUT2D eigenvalue weighted by molar-refractivity contribution is 7.09. The maximum Gasteiger partial charge on any atom is 0.221 e. The largest absolute Gasteiger partial charge is 0.427 e. The van der Waals surface area contributed by atoms with Gasteiger partial charge in [0, 0.05) is 91.2 Å². The molecule has 0 saturated heterocycles. The minimum atomic E-state index is -0.0174. The van der Waals surface area contributed by atoms with Gasteiger partial charge in [-0.3, -0.25) is 5.10 Å². The summed E-state index contributed by atoms with van der Waals surface area (Å²) in [6.45, 7) is 50.9. The Morgan fingerprint density at radius 2 is 1.22 bits per heavy atom. The van der Waals surface area contributed by atoms with Crippen molar-refractivity contribution in [3.8, 4) is 0 Å². The number of aromatic nitrogens is 17. The van der Waals surface area contributed by atoms with Crippen LogP contribution < -0.4 is 0 Å². The van der Waals surface area contributed by atoms with Gasteiger partial charge in [0.25, 0.3) is 0 Å². The third-order valence-corrected chi connectivity index (χ3v) is 11.5. The summed E-state index contributed by atoms with van der Waals surface area (Å²) >= 11 is 3.33. The van der Waals surface area contributed by atoms with Crippen LogP contribution in [0, 0.1) is 0 Å². The van der Waals surface area contributed by atoms with Crippen molar-refractivity contribution in [2.24, 2.45) is 0 Å². The predicted octanol–water partition coefficient (Wildman–Crippen LogP) is 12.9. The molecule has 0 aliphatic heterocycles. The highest BCUT2D eigenvalue weighted by atomic mass is 32.1. The number of nitrogens with zero attached hydrogens (tertiary/aromatic N) is 13. The number of nitrogens with one attached hydrogen (secondary N) is 4. The lowest BCUT2D eigenvalue weighted by Crippen LogP contribution is -2.19. The first-order valence-corrected chi connectivity index (χ1v) is 25.7. The van der Waals surface area contributed by atoms with Gasteiger partial charge >= 0.3 is 0 Å². The highest BCUT2D eigenvalue weighted by Gasteiger charge is 2.20. The van der Waals surface area contributed by atoms with E-state index in [2.05, 4.69) is 216 Å². The molecule has 72 heavy (non-hydrogen) atoms. The van der Waals surface area contributed by atoms with E-state index in [1.165, 1.54) is 29.1 Å². The number of imidazole rings is 2. The lowest BCUT2D eigenvalue weighted by atomic mass is 9.93. The Morgan fingerprint density at radius 1 is 0.583 bits per heavy atom. The van der Waals surface area contributed by atoms with Crippen molar-refractivity contribution in [2.75, 3.05) is 0 Å². The standard InChI is InChI=1S/C8H13N.2C7H12N2.C7H11NS.C6H11N3.C6H10N2O.C6H10N2S.C5H10N4/c1-8(2,3)7-5-4-6-9-7;1-7(2,3)6-4-8-5-9-6;1-7(2,3)9-5-4-8-6-9;1-7(2,3)6-8-4-5-9-6;1-6(2,3)5-7-4-8-9-5;2*1-6(2,3)5-8-7-4-9-5;1-5(2,3)4-6-8-9-7-4/h4-6,9H,1-3H3;4-5H,1-3H3,(H,8,9);4-6H,1-3H3;4-5H,1-3H3;4H,1-3H3,(H,7,8,9);2*4H,1-3H3;1-3H3,(H,6,7,8,9). The van der Waals surface area contributed by atoms with Gasteiger partial charge in [-0.2, -0.15) is 10.3 Å². The second-order valence-corrected chi connectivity index (χ2v) is 26.6. The molecule has 0 unspecified atom stereocenters. The van der Waals surface area contributed by atoms with Crippen molar-refractivity contribution in [1.29, 1.82) is 0 Å². The average molecular weight is 1030 g/mol. The van der Waals surface area contributed by atoms with Crippen LogP contribution in [-0.4, -0.2) is 85.7 Å². The number of thiazole rings is 1. The van der Waals surface area contributed by atoms with Gasteiger partial charge in [-0.1, -0.05) is 151 Å². The van der Waals surface area contributed by atoms with Crippen LogP contribution in [0.25, 0.3) is 0 Å². The summed E-state index contributed by atoms with van der Waals surface area (Å²) in [7, 11) is 0. The molecule has 0 bridgehead atoms. The molecule has 8 rings (SSSR count). The summed E-state index contributed by atoms with van der Waals surface area (Å²) in [6.07, 6.45) is 15.9. The molecule has 0 spiro atoms. The van der Waals surface area contributed by atoms with Gasteiger partial charge in [0.15, 0.2) is 5.82 Å². The van der Waals surface area contributed by atoms with E-state index in [0.29, 0.717) is 5.89 Å². The van der Waals surface area contributed by atoms with Crippen LogP contribution in [0.4, 0.5) is 0 Å². The summed E-state index contributed by atoms with van der Waals surface area (Å²) in [5.41, 5.74) is 5.37. The quantitative estimate of drug-likeness (QED) is 0.111. The second kappa shape index (κ2) is 27.9.